The highest BCUT2D eigenvalue weighted by Gasteiger charge is 2.28. The first-order valence-corrected chi connectivity index (χ1v) is 10.2. The van der Waals surface area contributed by atoms with Gasteiger partial charge in [-0.3, -0.25) is 9.59 Å². The molecule has 7 heteroatoms. The molecule has 1 aliphatic heterocycles. The van der Waals surface area contributed by atoms with Crippen molar-refractivity contribution in [3.63, 3.8) is 0 Å². The van der Waals surface area contributed by atoms with Crippen LogP contribution >= 0.6 is 0 Å². The highest BCUT2D eigenvalue weighted by molar-refractivity contribution is 6.04. The number of fused-ring (bicyclic) bond motifs is 1. The Hall–Kier alpha value is -3.87. The van der Waals surface area contributed by atoms with Gasteiger partial charge < -0.3 is 19.7 Å². The van der Waals surface area contributed by atoms with E-state index in [1.54, 1.807) is 37.1 Å². The summed E-state index contributed by atoms with van der Waals surface area (Å²) in [5.74, 6) is 0.406. The van der Waals surface area contributed by atoms with E-state index >= 15 is 0 Å². The average Bonchev–Trinajstić information content (AvgIpc) is 2.91. The fourth-order valence-electron chi connectivity index (χ4n) is 3.65. The molecule has 0 aliphatic carbocycles. The molecule has 0 saturated carbocycles. The summed E-state index contributed by atoms with van der Waals surface area (Å²) in [7, 11) is 1.60. The topological polar surface area (TPSA) is 67.9 Å². The Morgan fingerprint density at radius 2 is 1.91 bits per heavy atom. The Bertz CT molecular complexity index is 1150. The van der Waals surface area contributed by atoms with Gasteiger partial charge in [0.2, 0.25) is 0 Å². The second-order valence-electron chi connectivity index (χ2n) is 7.55. The normalized spacial score (nSPS) is 15.4. The molecule has 1 atom stereocenters. The molecule has 6 nitrogen and oxygen atoms in total. The molecule has 4 rings (SSSR count). The SMILES string of the molecule is COc1ccccc1CN1Cc2cc(NC(=O)c3ccc(F)cc3)ccc2O[C@@H](C)C1=O. The lowest BCUT2D eigenvalue weighted by atomic mass is 10.1. The van der Waals surface area contributed by atoms with Gasteiger partial charge in [-0.15, -0.1) is 0 Å². The number of rotatable bonds is 5. The van der Waals surface area contributed by atoms with Gasteiger partial charge in [-0.1, -0.05) is 18.2 Å². The summed E-state index contributed by atoms with van der Waals surface area (Å²) in [6, 6.07) is 18.1. The number of ether oxygens (including phenoxy) is 2. The lowest BCUT2D eigenvalue weighted by molar-refractivity contribution is -0.138. The molecule has 0 aromatic heterocycles. The van der Waals surface area contributed by atoms with Crippen LogP contribution in [0, 0.1) is 5.82 Å². The number of nitrogens with one attached hydrogen (secondary N) is 1. The molecule has 2 amide bonds. The van der Waals surface area contributed by atoms with E-state index in [1.807, 2.05) is 24.3 Å². The van der Waals surface area contributed by atoms with Crippen LogP contribution in [0.4, 0.5) is 10.1 Å². The molecule has 0 unspecified atom stereocenters. The van der Waals surface area contributed by atoms with Crippen LogP contribution in [-0.4, -0.2) is 29.9 Å². The van der Waals surface area contributed by atoms with Gasteiger partial charge in [0, 0.05) is 35.5 Å². The largest absolute Gasteiger partial charge is 0.496 e. The Morgan fingerprint density at radius 1 is 1.16 bits per heavy atom. The molecular weight excluding hydrogens is 411 g/mol. The first-order valence-electron chi connectivity index (χ1n) is 10.2. The predicted molar refractivity (Wildman–Crippen MR) is 118 cm³/mol. The number of hydrogen-bond acceptors (Lipinski definition) is 4. The van der Waals surface area contributed by atoms with Gasteiger partial charge in [0.15, 0.2) is 6.10 Å². The summed E-state index contributed by atoms with van der Waals surface area (Å²) in [6.07, 6.45) is -0.648. The molecule has 0 saturated heterocycles. The van der Waals surface area contributed by atoms with E-state index in [4.69, 9.17) is 9.47 Å². The number of anilines is 1. The fraction of sp³-hybridized carbons (Fsp3) is 0.200. The number of amides is 2. The Balaban J connectivity index is 1.57. The zero-order valence-electron chi connectivity index (χ0n) is 17.8. The summed E-state index contributed by atoms with van der Waals surface area (Å²) < 4.78 is 24.4. The van der Waals surface area contributed by atoms with Crippen molar-refractivity contribution in [1.29, 1.82) is 0 Å². The number of nitrogens with zero attached hydrogens (tertiary/aromatic N) is 1. The van der Waals surface area contributed by atoms with E-state index in [9.17, 15) is 14.0 Å². The van der Waals surface area contributed by atoms with Gasteiger partial charge in [-0.05, 0) is 55.5 Å². The molecule has 0 bridgehead atoms. The van der Waals surface area contributed by atoms with Crippen LogP contribution in [0.1, 0.15) is 28.4 Å². The molecule has 32 heavy (non-hydrogen) atoms. The molecule has 1 aliphatic rings. The molecule has 3 aromatic rings. The smallest absolute Gasteiger partial charge is 0.263 e. The average molecular weight is 434 g/mol. The van der Waals surface area contributed by atoms with E-state index in [-0.39, 0.29) is 11.8 Å². The molecule has 164 valence electrons. The monoisotopic (exact) mass is 434 g/mol. The quantitative estimate of drug-likeness (QED) is 0.647. The van der Waals surface area contributed by atoms with Crippen LogP contribution in [0.2, 0.25) is 0 Å². The number of hydrogen-bond donors (Lipinski definition) is 1. The Labute approximate surface area is 185 Å². The molecule has 1 heterocycles. The standard InChI is InChI=1S/C25H23FN2O4/c1-16-25(30)28(14-18-5-3-4-6-22(18)31-2)15-19-13-21(11-12-23(19)32-16)27-24(29)17-7-9-20(26)10-8-17/h3-13,16H,14-15H2,1-2H3,(H,27,29)/t16-/m0/s1. The van der Waals surface area contributed by atoms with Crippen molar-refractivity contribution < 1.29 is 23.5 Å². The number of halogens is 1. The highest BCUT2D eigenvalue weighted by atomic mass is 19.1. The Kier molecular flexibility index (Phi) is 6.07. The van der Waals surface area contributed by atoms with Crippen molar-refractivity contribution in [2.75, 3.05) is 12.4 Å². The van der Waals surface area contributed by atoms with Crippen molar-refractivity contribution in [3.05, 3.63) is 89.2 Å². The lowest BCUT2D eigenvalue weighted by Crippen LogP contribution is -2.37. The van der Waals surface area contributed by atoms with Crippen LogP contribution in [0.5, 0.6) is 11.5 Å². The summed E-state index contributed by atoms with van der Waals surface area (Å²) in [6.45, 7) is 2.40. The molecule has 0 radical (unpaired) electrons. The van der Waals surface area contributed by atoms with Gasteiger partial charge in [-0.2, -0.15) is 0 Å². The zero-order chi connectivity index (χ0) is 22.7. The van der Waals surface area contributed by atoms with E-state index < -0.39 is 11.9 Å². The summed E-state index contributed by atoms with van der Waals surface area (Å²) >= 11 is 0. The van der Waals surface area contributed by atoms with Crippen LogP contribution in [-0.2, 0) is 17.9 Å². The van der Waals surface area contributed by atoms with E-state index in [0.717, 1.165) is 11.1 Å². The number of methoxy groups -OCH3 is 1. The first kappa shape index (κ1) is 21.4. The second-order valence-corrected chi connectivity index (χ2v) is 7.55. The summed E-state index contributed by atoms with van der Waals surface area (Å²) in [5, 5.41) is 2.81. The molecule has 0 spiro atoms. The van der Waals surface area contributed by atoms with Crippen molar-refractivity contribution in [1.82, 2.24) is 4.90 Å². The minimum absolute atomic E-state index is 0.135. The third kappa shape index (κ3) is 4.56. The van der Waals surface area contributed by atoms with Crippen LogP contribution in [0.15, 0.2) is 66.7 Å². The number of para-hydroxylation sites is 1. The lowest BCUT2D eigenvalue weighted by Gasteiger charge is -2.23. The zero-order valence-corrected chi connectivity index (χ0v) is 17.8. The van der Waals surface area contributed by atoms with E-state index in [2.05, 4.69) is 5.32 Å². The first-order chi connectivity index (χ1) is 15.4. The highest BCUT2D eigenvalue weighted by Crippen LogP contribution is 2.30. The summed E-state index contributed by atoms with van der Waals surface area (Å²) in [5.41, 5.74) is 2.56. The number of benzene rings is 3. The maximum absolute atomic E-state index is 13.1. The van der Waals surface area contributed by atoms with Gasteiger partial charge in [0.25, 0.3) is 11.8 Å². The van der Waals surface area contributed by atoms with Gasteiger partial charge in [-0.25, -0.2) is 4.39 Å². The second kappa shape index (κ2) is 9.09. The third-order valence-electron chi connectivity index (χ3n) is 5.30. The number of carbonyl (C=O) groups excluding carboxylic acids is 2. The summed E-state index contributed by atoms with van der Waals surface area (Å²) in [4.78, 5) is 27.2. The van der Waals surface area contributed by atoms with Crippen molar-refractivity contribution in [2.45, 2.75) is 26.1 Å². The van der Waals surface area contributed by atoms with Gasteiger partial charge in [0.1, 0.15) is 17.3 Å². The minimum Gasteiger partial charge on any atom is -0.496 e. The van der Waals surface area contributed by atoms with Gasteiger partial charge >= 0.3 is 0 Å². The molecule has 0 fully saturated rings. The van der Waals surface area contributed by atoms with E-state index in [0.29, 0.717) is 35.8 Å². The maximum Gasteiger partial charge on any atom is 0.263 e. The van der Waals surface area contributed by atoms with Crippen molar-refractivity contribution in [2.24, 2.45) is 0 Å². The van der Waals surface area contributed by atoms with Gasteiger partial charge in [0.05, 0.1) is 7.11 Å². The van der Waals surface area contributed by atoms with Crippen LogP contribution < -0.4 is 14.8 Å². The Morgan fingerprint density at radius 3 is 2.66 bits per heavy atom. The minimum atomic E-state index is -0.648. The number of carbonyl (C=O) groups is 2. The molecular formula is C25H23FN2O4. The fourth-order valence-corrected chi connectivity index (χ4v) is 3.65. The van der Waals surface area contributed by atoms with Crippen molar-refractivity contribution >= 4 is 17.5 Å². The van der Waals surface area contributed by atoms with Crippen LogP contribution in [0.25, 0.3) is 0 Å². The van der Waals surface area contributed by atoms with E-state index in [1.165, 1.54) is 24.3 Å². The molecule has 1 N–H and O–H groups in total. The third-order valence-corrected chi connectivity index (χ3v) is 5.30. The maximum atomic E-state index is 13.1. The van der Waals surface area contributed by atoms with Crippen molar-refractivity contribution in [3.8, 4) is 11.5 Å². The molecule has 3 aromatic carbocycles. The van der Waals surface area contributed by atoms with Crippen LogP contribution in [0.3, 0.4) is 0 Å². The predicted octanol–water partition coefficient (Wildman–Crippen LogP) is 4.40.